The Morgan fingerprint density at radius 3 is 2.62 bits per heavy atom. The molecule has 3 amide bonds. The van der Waals surface area contributed by atoms with Gasteiger partial charge in [0.2, 0.25) is 5.91 Å². The van der Waals surface area contributed by atoms with Crippen LogP contribution < -0.4 is 15.6 Å². The van der Waals surface area contributed by atoms with Crippen molar-refractivity contribution in [1.82, 2.24) is 30.0 Å². The second-order valence-electron chi connectivity index (χ2n) is 12.7. The van der Waals surface area contributed by atoms with Gasteiger partial charge < -0.3 is 44.7 Å². The van der Waals surface area contributed by atoms with E-state index in [1.807, 2.05) is 0 Å². The first-order valence-electron chi connectivity index (χ1n) is 16.3. The molecule has 6 rings (SSSR count). The molecule has 15 nitrogen and oxygen atoms in total. The summed E-state index contributed by atoms with van der Waals surface area (Å²) in [5, 5.41) is 24.0. The standard InChI is InChI=1S/C35H34Cl2N6O9/c1-17-22(29(33(47)48)43-28(17)27(18(2)44)32(43)46)5-4-12-51-34(49)41(3)16-21-15-38-10-11-42(21)35(50)52-26-9-7-20(37)14-24(26)30-39-25-8-6-19(36)13-23(25)31(45)40-30/h6-9,13-14,17-18,21,27-28,38,44H,10-12,15-16H2,1-3H3,(H,47,48)(H,39,40,45)/t17-,18+,21?,27+,28+/m0/s1. The summed E-state index contributed by atoms with van der Waals surface area (Å²) >= 11 is 12.3. The zero-order valence-electron chi connectivity index (χ0n) is 28.2. The van der Waals surface area contributed by atoms with Crippen molar-refractivity contribution in [1.29, 1.82) is 0 Å². The molecule has 3 aliphatic rings. The van der Waals surface area contributed by atoms with E-state index in [-0.39, 0.29) is 53.5 Å². The minimum atomic E-state index is -1.31. The molecule has 3 aromatic rings. The highest BCUT2D eigenvalue weighted by Gasteiger charge is 2.59. The Bertz CT molecular complexity index is 2130. The van der Waals surface area contributed by atoms with Crippen LogP contribution in [0.2, 0.25) is 10.0 Å². The maximum Gasteiger partial charge on any atom is 0.415 e. The van der Waals surface area contributed by atoms with Gasteiger partial charge in [0.25, 0.3) is 5.56 Å². The quantitative estimate of drug-likeness (QED) is 0.205. The lowest BCUT2D eigenvalue weighted by Gasteiger charge is -2.46. The van der Waals surface area contributed by atoms with E-state index < -0.39 is 59.6 Å². The number of aliphatic hydroxyl groups excluding tert-OH is 1. The fourth-order valence-corrected chi connectivity index (χ4v) is 7.13. The molecular formula is C35H34Cl2N6O9. The normalized spacial score (nSPS) is 21.5. The van der Waals surface area contributed by atoms with Crippen LogP contribution in [-0.2, 0) is 14.3 Å². The first-order chi connectivity index (χ1) is 24.8. The van der Waals surface area contributed by atoms with E-state index in [1.54, 1.807) is 19.1 Å². The van der Waals surface area contributed by atoms with E-state index in [0.29, 0.717) is 28.7 Å². The number of carboxylic acid groups (broad SMARTS) is 1. The summed E-state index contributed by atoms with van der Waals surface area (Å²) in [7, 11) is 1.50. The number of hydrogen-bond donors (Lipinski definition) is 4. The van der Waals surface area contributed by atoms with Gasteiger partial charge in [-0.3, -0.25) is 9.59 Å². The van der Waals surface area contributed by atoms with Gasteiger partial charge in [-0.05, 0) is 43.3 Å². The lowest BCUT2D eigenvalue weighted by molar-refractivity contribution is -0.163. The molecule has 0 spiro atoms. The van der Waals surface area contributed by atoms with Gasteiger partial charge in [-0.1, -0.05) is 42.0 Å². The highest BCUT2D eigenvalue weighted by Crippen LogP contribution is 2.46. The van der Waals surface area contributed by atoms with E-state index in [1.165, 1.54) is 48.0 Å². The van der Waals surface area contributed by atoms with Crippen LogP contribution in [0.5, 0.6) is 5.75 Å². The Balaban J connectivity index is 1.11. The number of halogens is 2. The highest BCUT2D eigenvalue weighted by atomic mass is 35.5. The summed E-state index contributed by atoms with van der Waals surface area (Å²) in [4.78, 5) is 75.0. The number of carbonyl (C=O) groups is 4. The molecule has 1 unspecified atom stereocenters. The van der Waals surface area contributed by atoms with Crippen molar-refractivity contribution >= 4 is 58.2 Å². The number of aromatic amines is 1. The minimum Gasteiger partial charge on any atom is -0.477 e. The van der Waals surface area contributed by atoms with Gasteiger partial charge in [-0.2, -0.15) is 0 Å². The Kier molecular flexibility index (Phi) is 10.5. The number of aromatic nitrogens is 2. The van der Waals surface area contributed by atoms with Crippen molar-refractivity contribution in [3.05, 3.63) is 68.1 Å². The molecule has 0 saturated carbocycles. The number of H-pyrrole nitrogens is 1. The molecular weight excluding hydrogens is 719 g/mol. The number of benzene rings is 2. The number of likely N-dealkylation sites (N-methyl/N-ethyl adjacent to an activating group) is 1. The second kappa shape index (κ2) is 14.8. The van der Waals surface area contributed by atoms with Crippen LogP contribution in [0.1, 0.15) is 13.8 Å². The Morgan fingerprint density at radius 2 is 1.88 bits per heavy atom. The predicted octanol–water partition coefficient (Wildman–Crippen LogP) is 2.94. The molecule has 4 heterocycles. The number of fused-ring (bicyclic) bond motifs is 2. The summed E-state index contributed by atoms with van der Waals surface area (Å²) in [5.74, 6) is 2.73. The molecule has 0 aliphatic carbocycles. The number of rotatable bonds is 7. The second-order valence-corrected chi connectivity index (χ2v) is 13.6. The maximum atomic E-state index is 13.6. The van der Waals surface area contributed by atoms with Gasteiger partial charge >= 0.3 is 18.2 Å². The topological polar surface area (TPSA) is 195 Å². The van der Waals surface area contributed by atoms with Crippen molar-refractivity contribution in [3.63, 3.8) is 0 Å². The number of amides is 3. The summed E-state index contributed by atoms with van der Waals surface area (Å²) < 4.78 is 11.1. The zero-order valence-corrected chi connectivity index (χ0v) is 29.7. The predicted molar refractivity (Wildman–Crippen MR) is 189 cm³/mol. The summed E-state index contributed by atoms with van der Waals surface area (Å²) in [6.45, 7) is 4.00. The van der Waals surface area contributed by atoms with Crippen molar-refractivity contribution < 1.29 is 38.9 Å². The van der Waals surface area contributed by atoms with Crippen LogP contribution >= 0.6 is 23.2 Å². The van der Waals surface area contributed by atoms with E-state index in [2.05, 4.69) is 27.1 Å². The van der Waals surface area contributed by atoms with Gasteiger partial charge in [0.05, 0.1) is 40.6 Å². The molecule has 4 N–H and O–H groups in total. The number of carbonyl (C=O) groups excluding carboxylic acids is 3. The average Bonchev–Trinajstić information content (AvgIpc) is 3.34. The molecule has 2 aromatic carbocycles. The van der Waals surface area contributed by atoms with Crippen LogP contribution in [0.15, 0.2) is 52.5 Å². The first-order valence-corrected chi connectivity index (χ1v) is 17.1. The third kappa shape index (κ3) is 7.02. The molecule has 0 radical (unpaired) electrons. The molecule has 2 saturated heterocycles. The molecule has 52 heavy (non-hydrogen) atoms. The van der Waals surface area contributed by atoms with Gasteiger partial charge in [0.1, 0.15) is 17.3 Å². The van der Waals surface area contributed by atoms with E-state index in [0.717, 1.165) is 4.90 Å². The van der Waals surface area contributed by atoms with E-state index >= 15 is 0 Å². The number of hydrogen-bond acceptors (Lipinski definition) is 10. The molecule has 1 aromatic heterocycles. The van der Waals surface area contributed by atoms with Gasteiger partial charge in [-0.25, -0.2) is 19.4 Å². The molecule has 5 atom stereocenters. The van der Waals surface area contributed by atoms with Crippen LogP contribution in [0.3, 0.4) is 0 Å². The first kappa shape index (κ1) is 36.6. The van der Waals surface area contributed by atoms with Crippen molar-refractivity contribution in [3.8, 4) is 29.0 Å². The monoisotopic (exact) mass is 752 g/mol. The lowest BCUT2D eigenvalue weighted by atomic mass is 9.78. The number of piperazine rings is 1. The fraction of sp³-hybridized carbons (Fsp3) is 0.371. The number of aliphatic carboxylic acids is 1. The Morgan fingerprint density at radius 1 is 1.15 bits per heavy atom. The minimum absolute atomic E-state index is 0.0643. The van der Waals surface area contributed by atoms with Gasteiger partial charge in [0, 0.05) is 54.8 Å². The molecule has 272 valence electrons. The third-order valence-electron chi connectivity index (χ3n) is 9.31. The van der Waals surface area contributed by atoms with Crippen molar-refractivity contribution in [2.24, 2.45) is 11.8 Å². The summed E-state index contributed by atoms with van der Waals surface area (Å²) in [5.41, 5.74) is 0.208. The molecule has 3 aliphatic heterocycles. The zero-order chi connectivity index (χ0) is 37.4. The number of ether oxygens (including phenoxy) is 2. The van der Waals surface area contributed by atoms with Crippen LogP contribution in [-0.4, -0.2) is 117 Å². The molecule has 0 bridgehead atoms. The highest BCUT2D eigenvalue weighted by molar-refractivity contribution is 6.31. The number of β-lactam (4-membered cyclic amide) rings is 1. The van der Waals surface area contributed by atoms with Gasteiger partial charge in [0.15, 0.2) is 6.61 Å². The molecule has 17 heteroatoms. The summed E-state index contributed by atoms with van der Waals surface area (Å²) in [6, 6.07) is 8.24. The maximum absolute atomic E-state index is 13.6. The number of aliphatic hydroxyl groups is 1. The van der Waals surface area contributed by atoms with Crippen LogP contribution in [0.4, 0.5) is 9.59 Å². The van der Waals surface area contributed by atoms with Crippen LogP contribution in [0.25, 0.3) is 22.3 Å². The van der Waals surface area contributed by atoms with Crippen molar-refractivity contribution in [2.75, 3.05) is 39.8 Å². The van der Waals surface area contributed by atoms with Crippen molar-refractivity contribution in [2.45, 2.75) is 32.0 Å². The number of nitrogens with one attached hydrogen (secondary N) is 2. The lowest BCUT2D eigenvalue weighted by Crippen LogP contribution is -2.63. The smallest absolute Gasteiger partial charge is 0.415 e. The SMILES string of the molecule is C[C@@H](O)[C@H]1C(=O)N2C(C(=O)O)=C(C#CCOC(=O)N(C)CC3CNCCN3C(=O)Oc3ccc(Cl)cc3-c3nc4ccc(Cl)cc4c(=O)[nH]3)[C@H](C)[C@H]12. The fourth-order valence-electron chi connectivity index (χ4n) is 6.79. The van der Waals surface area contributed by atoms with Crippen LogP contribution in [0, 0.1) is 23.7 Å². The number of nitrogens with zero attached hydrogens (tertiary/aromatic N) is 4. The largest absolute Gasteiger partial charge is 0.477 e. The Labute approximate surface area is 307 Å². The number of carboxylic acids is 1. The van der Waals surface area contributed by atoms with E-state index in [9.17, 15) is 34.2 Å². The third-order valence-corrected chi connectivity index (χ3v) is 9.78. The van der Waals surface area contributed by atoms with Gasteiger partial charge in [-0.15, -0.1) is 0 Å². The average molecular weight is 754 g/mol. The molecule has 2 fully saturated rings. The summed E-state index contributed by atoms with van der Waals surface area (Å²) in [6.07, 6.45) is -2.38. The van der Waals surface area contributed by atoms with E-state index in [4.69, 9.17) is 32.7 Å². The Hall–Kier alpha value is -5.14.